The minimum Gasteiger partial charge on any atom is -0.345 e. The molecule has 5 heteroatoms. The third-order valence-electron chi connectivity index (χ3n) is 3.48. The first-order chi connectivity index (χ1) is 9.61. The maximum atomic E-state index is 12.0. The van der Waals surface area contributed by atoms with Crippen LogP contribution in [0.5, 0.6) is 0 Å². The van der Waals surface area contributed by atoms with Crippen molar-refractivity contribution in [3.8, 4) is 11.4 Å². The van der Waals surface area contributed by atoms with Crippen molar-refractivity contribution in [3.63, 3.8) is 0 Å². The first kappa shape index (κ1) is 14.3. The highest BCUT2D eigenvalue weighted by Crippen LogP contribution is 2.18. The van der Waals surface area contributed by atoms with Gasteiger partial charge in [-0.2, -0.15) is 0 Å². The van der Waals surface area contributed by atoms with Crippen LogP contribution in [0.4, 0.5) is 5.69 Å². The fourth-order valence-electron chi connectivity index (χ4n) is 1.87. The van der Waals surface area contributed by atoms with E-state index in [1.54, 1.807) is 12.4 Å². The SMILES string of the molecule is CCC(C)C(N)C(=O)Nc1ccc(-c2ncc[nH]2)cc1. The lowest BCUT2D eigenvalue weighted by molar-refractivity contribution is -0.118. The largest absolute Gasteiger partial charge is 0.345 e. The number of hydrogen-bond donors (Lipinski definition) is 3. The Balaban J connectivity index is 2.02. The Morgan fingerprint density at radius 3 is 2.65 bits per heavy atom. The second kappa shape index (κ2) is 6.34. The standard InChI is InChI=1S/C15H20N4O/c1-3-10(2)13(16)15(20)19-12-6-4-11(5-7-12)14-17-8-9-18-14/h4-10,13H,3,16H2,1-2H3,(H,17,18)(H,19,20). The molecule has 0 bridgehead atoms. The van der Waals surface area contributed by atoms with Gasteiger partial charge in [-0.05, 0) is 30.2 Å². The number of imidazole rings is 1. The number of benzene rings is 1. The Bertz CT molecular complexity index is 548. The van der Waals surface area contributed by atoms with Gasteiger partial charge in [0.15, 0.2) is 0 Å². The first-order valence-corrected chi connectivity index (χ1v) is 6.78. The number of nitrogens with two attached hydrogens (primary N) is 1. The van der Waals surface area contributed by atoms with E-state index >= 15 is 0 Å². The van der Waals surface area contributed by atoms with Gasteiger partial charge in [0.1, 0.15) is 5.82 Å². The number of H-pyrrole nitrogens is 1. The molecular formula is C15H20N4O. The van der Waals surface area contributed by atoms with E-state index < -0.39 is 6.04 Å². The average molecular weight is 272 g/mol. The van der Waals surface area contributed by atoms with Gasteiger partial charge in [-0.15, -0.1) is 0 Å². The van der Waals surface area contributed by atoms with Gasteiger partial charge in [0, 0.05) is 23.6 Å². The number of anilines is 1. The van der Waals surface area contributed by atoms with Crippen molar-refractivity contribution >= 4 is 11.6 Å². The van der Waals surface area contributed by atoms with Crippen LogP contribution >= 0.6 is 0 Å². The molecule has 0 spiro atoms. The number of amides is 1. The van der Waals surface area contributed by atoms with Gasteiger partial charge in [0.2, 0.25) is 5.91 Å². The number of carbonyl (C=O) groups is 1. The summed E-state index contributed by atoms with van der Waals surface area (Å²) in [4.78, 5) is 19.2. The molecule has 106 valence electrons. The summed E-state index contributed by atoms with van der Waals surface area (Å²) in [7, 11) is 0. The number of aromatic amines is 1. The maximum absolute atomic E-state index is 12.0. The highest BCUT2D eigenvalue weighted by Gasteiger charge is 2.19. The van der Waals surface area contributed by atoms with E-state index in [1.165, 1.54) is 0 Å². The topological polar surface area (TPSA) is 83.8 Å². The van der Waals surface area contributed by atoms with Gasteiger partial charge in [0.05, 0.1) is 6.04 Å². The number of aromatic nitrogens is 2. The van der Waals surface area contributed by atoms with Crippen molar-refractivity contribution in [3.05, 3.63) is 36.7 Å². The maximum Gasteiger partial charge on any atom is 0.241 e. The molecule has 2 atom stereocenters. The smallest absolute Gasteiger partial charge is 0.241 e. The summed E-state index contributed by atoms with van der Waals surface area (Å²) in [6.45, 7) is 4.00. The first-order valence-electron chi connectivity index (χ1n) is 6.78. The van der Waals surface area contributed by atoms with Crippen LogP contribution in [0, 0.1) is 5.92 Å². The van der Waals surface area contributed by atoms with Gasteiger partial charge in [-0.25, -0.2) is 4.98 Å². The third kappa shape index (κ3) is 3.24. The summed E-state index contributed by atoms with van der Waals surface area (Å²) in [6, 6.07) is 7.02. The summed E-state index contributed by atoms with van der Waals surface area (Å²) in [5.74, 6) is 0.821. The van der Waals surface area contributed by atoms with Crippen LogP contribution < -0.4 is 11.1 Å². The van der Waals surface area contributed by atoms with Crippen molar-refractivity contribution in [2.45, 2.75) is 26.3 Å². The Labute approximate surface area is 118 Å². The van der Waals surface area contributed by atoms with Crippen LogP contribution in [0.3, 0.4) is 0 Å². The molecule has 1 aromatic heterocycles. The van der Waals surface area contributed by atoms with Gasteiger partial charge >= 0.3 is 0 Å². The van der Waals surface area contributed by atoms with E-state index in [2.05, 4.69) is 15.3 Å². The number of nitrogens with one attached hydrogen (secondary N) is 2. The highest BCUT2D eigenvalue weighted by molar-refractivity contribution is 5.95. The quantitative estimate of drug-likeness (QED) is 0.781. The number of nitrogens with zero attached hydrogens (tertiary/aromatic N) is 1. The van der Waals surface area contributed by atoms with Gasteiger partial charge in [-0.1, -0.05) is 20.3 Å². The minimum absolute atomic E-state index is 0.148. The molecule has 5 nitrogen and oxygen atoms in total. The summed E-state index contributed by atoms with van der Waals surface area (Å²) < 4.78 is 0. The normalized spacial score (nSPS) is 13.8. The lowest BCUT2D eigenvalue weighted by atomic mass is 9.99. The number of carbonyl (C=O) groups excluding carboxylic acids is 1. The molecule has 0 saturated heterocycles. The monoisotopic (exact) mass is 272 g/mol. The molecule has 0 fully saturated rings. The molecule has 2 aromatic rings. The molecule has 0 aliphatic heterocycles. The number of rotatable bonds is 5. The predicted octanol–water partition coefficient (Wildman–Crippen LogP) is 2.39. The molecule has 1 aromatic carbocycles. The zero-order valence-electron chi connectivity index (χ0n) is 11.8. The van der Waals surface area contributed by atoms with Crippen molar-refractivity contribution in [1.29, 1.82) is 0 Å². The van der Waals surface area contributed by atoms with E-state index in [-0.39, 0.29) is 11.8 Å². The van der Waals surface area contributed by atoms with Crippen molar-refractivity contribution in [1.82, 2.24) is 9.97 Å². The van der Waals surface area contributed by atoms with Crippen LogP contribution in [-0.2, 0) is 4.79 Å². The van der Waals surface area contributed by atoms with Crippen molar-refractivity contribution in [2.75, 3.05) is 5.32 Å². The zero-order valence-corrected chi connectivity index (χ0v) is 11.8. The predicted molar refractivity (Wildman–Crippen MR) is 80.1 cm³/mol. The van der Waals surface area contributed by atoms with Gasteiger partial charge in [-0.3, -0.25) is 4.79 Å². The second-order valence-electron chi connectivity index (χ2n) is 4.92. The molecule has 0 aliphatic rings. The minimum atomic E-state index is -0.482. The van der Waals surface area contributed by atoms with Gasteiger partial charge in [0.25, 0.3) is 0 Å². The van der Waals surface area contributed by atoms with E-state index in [4.69, 9.17) is 5.73 Å². The lowest BCUT2D eigenvalue weighted by Gasteiger charge is -2.17. The summed E-state index contributed by atoms with van der Waals surface area (Å²) in [6.07, 6.45) is 4.36. The highest BCUT2D eigenvalue weighted by atomic mass is 16.2. The molecule has 4 N–H and O–H groups in total. The molecule has 0 saturated carbocycles. The molecular weight excluding hydrogens is 252 g/mol. The zero-order chi connectivity index (χ0) is 14.5. The van der Waals surface area contributed by atoms with Crippen LogP contribution in [0.2, 0.25) is 0 Å². The fraction of sp³-hybridized carbons (Fsp3) is 0.333. The Morgan fingerprint density at radius 2 is 2.10 bits per heavy atom. The summed E-state index contributed by atoms with van der Waals surface area (Å²) in [5, 5.41) is 2.83. The summed E-state index contributed by atoms with van der Waals surface area (Å²) >= 11 is 0. The van der Waals surface area contributed by atoms with Crippen molar-refractivity contribution < 1.29 is 4.79 Å². The van der Waals surface area contributed by atoms with E-state index in [0.29, 0.717) is 0 Å². The lowest BCUT2D eigenvalue weighted by Crippen LogP contribution is -2.40. The van der Waals surface area contributed by atoms with E-state index in [9.17, 15) is 4.79 Å². The van der Waals surface area contributed by atoms with Crippen LogP contribution in [-0.4, -0.2) is 21.9 Å². The molecule has 0 aliphatic carbocycles. The number of hydrogen-bond acceptors (Lipinski definition) is 3. The molecule has 0 radical (unpaired) electrons. The Kier molecular flexibility index (Phi) is 4.53. The molecule has 2 rings (SSSR count). The Morgan fingerprint density at radius 1 is 1.40 bits per heavy atom. The van der Waals surface area contributed by atoms with Crippen LogP contribution in [0.15, 0.2) is 36.7 Å². The van der Waals surface area contributed by atoms with Crippen LogP contribution in [0.25, 0.3) is 11.4 Å². The van der Waals surface area contributed by atoms with Crippen molar-refractivity contribution in [2.24, 2.45) is 11.7 Å². The van der Waals surface area contributed by atoms with E-state index in [1.807, 2.05) is 38.1 Å². The second-order valence-corrected chi connectivity index (χ2v) is 4.92. The Hall–Kier alpha value is -2.14. The average Bonchev–Trinajstić information content (AvgIpc) is 3.00. The third-order valence-corrected chi connectivity index (χ3v) is 3.48. The van der Waals surface area contributed by atoms with Gasteiger partial charge < -0.3 is 16.0 Å². The van der Waals surface area contributed by atoms with E-state index in [0.717, 1.165) is 23.5 Å². The van der Waals surface area contributed by atoms with Crippen LogP contribution in [0.1, 0.15) is 20.3 Å². The summed E-state index contributed by atoms with van der Waals surface area (Å²) in [5.41, 5.74) is 7.61. The molecule has 1 heterocycles. The molecule has 1 amide bonds. The molecule has 20 heavy (non-hydrogen) atoms. The fourth-order valence-corrected chi connectivity index (χ4v) is 1.87. The molecule has 2 unspecified atom stereocenters.